The molecular formula is C15H20N2O3. The molecule has 1 saturated carbocycles. The molecule has 108 valence electrons. The Bertz CT molecular complexity index is 458. The van der Waals surface area contributed by atoms with Gasteiger partial charge in [-0.1, -0.05) is 12.2 Å². The minimum absolute atomic E-state index is 0.0241. The maximum absolute atomic E-state index is 12.4. The maximum atomic E-state index is 12.4. The van der Waals surface area contributed by atoms with Gasteiger partial charge >= 0.3 is 6.03 Å². The van der Waals surface area contributed by atoms with Gasteiger partial charge in [-0.3, -0.25) is 9.69 Å². The van der Waals surface area contributed by atoms with Gasteiger partial charge in [0.2, 0.25) is 5.91 Å². The summed E-state index contributed by atoms with van der Waals surface area (Å²) in [6.07, 6.45) is 6.25. The Balaban J connectivity index is 1.35. The summed E-state index contributed by atoms with van der Waals surface area (Å²) < 4.78 is 5.37. The molecule has 0 radical (unpaired) electrons. The molecule has 0 aromatic heterocycles. The van der Waals surface area contributed by atoms with Crippen molar-refractivity contribution in [3.05, 3.63) is 12.2 Å². The molecule has 2 aliphatic heterocycles. The lowest BCUT2D eigenvalue weighted by Crippen LogP contribution is -2.37. The first-order chi connectivity index (χ1) is 9.74. The Kier molecular flexibility index (Phi) is 2.84. The zero-order valence-electron chi connectivity index (χ0n) is 11.5. The Labute approximate surface area is 118 Å². The van der Waals surface area contributed by atoms with Gasteiger partial charge in [0, 0.05) is 13.1 Å². The number of nitrogens with zero attached hydrogens (tertiary/aromatic N) is 2. The van der Waals surface area contributed by atoms with Gasteiger partial charge in [0.15, 0.2) is 0 Å². The number of amides is 3. The summed E-state index contributed by atoms with van der Waals surface area (Å²) in [4.78, 5) is 27.6. The normalized spacial score (nSPS) is 36.3. The molecule has 0 N–H and O–H groups in total. The Morgan fingerprint density at radius 2 is 1.80 bits per heavy atom. The van der Waals surface area contributed by atoms with Crippen molar-refractivity contribution in [2.45, 2.75) is 12.8 Å². The molecule has 2 heterocycles. The quantitative estimate of drug-likeness (QED) is 0.571. The highest BCUT2D eigenvalue weighted by atomic mass is 16.5. The van der Waals surface area contributed by atoms with Gasteiger partial charge in [0.1, 0.15) is 6.54 Å². The molecule has 2 atom stereocenters. The first kappa shape index (κ1) is 12.4. The van der Waals surface area contributed by atoms with E-state index in [4.69, 9.17) is 4.74 Å². The fourth-order valence-electron chi connectivity index (χ4n) is 3.88. The molecule has 3 amide bonds. The summed E-state index contributed by atoms with van der Waals surface area (Å²) in [5, 5.41) is 0. The molecular weight excluding hydrogens is 256 g/mol. The fourth-order valence-corrected chi connectivity index (χ4v) is 3.88. The van der Waals surface area contributed by atoms with Gasteiger partial charge in [-0.05, 0) is 36.5 Å². The van der Waals surface area contributed by atoms with Crippen LogP contribution in [0.3, 0.4) is 0 Å². The lowest BCUT2D eigenvalue weighted by molar-refractivity contribution is -0.125. The van der Waals surface area contributed by atoms with Gasteiger partial charge in [0.25, 0.3) is 0 Å². The van der Waals surface area contributed by atoms with E-state index >= 15 is 0 Å². The van der Waals surface area contributed by atoms with Crippen LogP contribution in [0, 0.1) is 23.7 Å². The number of ether oxygens (including phenoxy) is 1. The molecule has 5 heteroatoms. The van der Waals surface area contributed by atoms with Crippen molar-refractivity contribution in [2.75, 3.05) is 32.8 Å². The minimum Gasteiger partial charge on any atom is -0.381 e. The van der Waals surface area contributed by atoms with Gasteiger partial charge < -0.3 is 9.64 Å². The summed E-state index contributed by atoms with van der Waals surface area (Å²) in [6.45, 7) is 3.27. The highest BCUT2D eigenvalue weighted by Crippen LogP contribution is 2.51. The first-order valence-corrected chi connectivity index (χ1v) is 7.56. The Hall–Kier alpha value is -1.36. The summed E-state index contributed by atoms with van der Waals surface area (Å²) in [5.41, 5.74) is 0. The average Bonchev–Trinajstić information content (AvgIpc) is 2.93. The number of hydrogen-bond acceptors (Lipinski definition) is 3. The van der Waals surface area contributed by atoms with Crippen LogP contribution in [0.2, 0.25) is 0 Å². The summed E-state index contributed by atoms with van der Waals surface area (Å²) in [5.74, 6) is 2.23. The Morgan fingerprint density at radius 1 is 1.10 bits per heavy atom. The highest BCUT2D eigenvalue weighted by molar-refractivity contribution is 6.02. The molecule has 2 unspecified atom stereocenters. The lowest BCUT2D eigenvalue weighted by Gasteiger charge is -2.20. The number of fused-ring (bicyclic) bond motifs is 1. The molecule has 5 nitrogen and oxygen atoms in total. The second-order valence-electron chi connectivity index (χ2n) is 6.51. The predicted octanol–water partition coefficient (Wildman–Crippen LogP) is 1.11. The average molecular weight is 276 g/mol. The maximum Gasteiger partial charge on any atom is 0.327 e. The molecule has 2 aliphatic carbocycles. The van der Waals surface area contributed by atoms with E-state index < -0.39 is 0 Å². The van der Waals surface area contributed by atoms with E-state index in [1.54, 1.807) is 4.90 Å². The molecule has 0 aromatic carbocycles. The Morgan fingerprint density at radius 3 is 2.50 bits per heavy atom. The SMILES string of the molecule is O=C1CN(CC2C3COCC32)C(=O)N1CC1CC=CC1. The second kappa shape index (κ2) is 4.58. The molecule has 0 bridgehead atoms. The van der Waals surface area contributed by atoms with Crippen molar-refractivity contribution in [3.63, 3.8) is 0 Å². The van der Waals surface area contributed by atoms with Crippen molar-refractivity contribution in [1.82, 2.24) is 9.80 Å². The van der Waals surface area contributed by atoms with E-state index in [1.807, 2.05) is 0 Å². The number of carbonyl (C=O) groups is 2. The first-order valence-electron chi connectivity index (χ1n) is 7.56. The fraction of sp³-hybridized carbons (Fsp3) is 0.733. The molecule has 20 heavy (non-hydrogen) atoms. The van der Waals surface area contributed by atoms with Crippen molar-refractivity contribution >= 4 is 11.9 Å². The van der Waals surface area contributed by atoms with E-state index in [0.29, 0.717) is 30.2 Å². The van der Waals surface area contributed by atoms with Crippen molar-refractivity contribution in [1.29, 1.82) is 0 Å². The van der Waals surface area contributed by atoms with Gasteiger partial charge in [-0.2, -0.15) is 0 Å². The van der Waals surface area contributed by atoms with Crippen LogP contribution in [-0.2, 0) is 9.53 Å². The van der Waals surface area contributed by atoms with Crippen LogP contribution in [-0.4, -0.2) is 54.6 Å². The third-order valence-corrected chi connectivity index (χ3v) is 5.24. The standard InChI is InChI=1S/C15H20N2O3/c18-14-7-16(6-11-12-8-20-9-13(11)12)15(19)17(14)5-10-3-1-2-4-10/h1-2,10-13H,3-9H2. The highest BCUT2D eigenvalue weighted by Gasteiger charge is 2.55. The summed E-state index contributed by atoms with van der Waals surface area (Å²) in [6, 6.07) is -0.0761. The van der Waals surface area contributed by atoms with Crippen LogP contribution in [0.25, 0.3) is 0 Å². The van der Waals surface area contributed by atoms with Crippen LogP contribution in [0.1, 0.15) is 12.8 Å². The zero-order chi connectivity index (χ0) is 13.7. The molecule has 4 rings (SSSR count). The third kappa shape index (κ3) is 1.95. The van der Waals surface area contributed by atoms with E-state index in [0.717, 1.165) is 32.6 Å². The number of imide groups is 1. The van der Waals surface area contributed by atoms with E-state index in [-0.39, 0.29) is 18.5 Å². The largest absolute Gasteiger partial charge is 0.381 e. The number of carbonyl (C=O) groups excluding carboxylic acids is 2. The number of hydrogen-bond donors (Lipinski definition) is 0. The van der Waals surface area contributed by atoms with E-state index in [2.05, 4.69) is 12.2 Å². The monoisotopic (exact) mass is 276 g/mol. The smallest absolute Gasteiger partial charge is 0.327 e. The molecule has 2 saturated heterocycles. The van der Waals surface area contributed by atoms with Gasteiger partial charge in [-0.25, -0.2) is 4.79 Å². The van der Waals surface area contributed by atoms with Crippen LogP contribution in [0.15, 0.2) is 12.2 Å². The van der Waals surface area contributed by atoms with Crippen molar-refractivity contribution in [3.8, 4) is 0 Å². The van der Waals surface area contributed by atoms with Crippen LogP contribution >= 0.6 is 0 Å². The van der Waals surface area contributed by atoms with Crippen molar-refractivity contribution < 1.29 is 14.3 Å². The number of allylic oxidation sites excluding steroid dienone is 2. The second-order valence-corrected chi connectivity index (χ2v) is 6.51. The van der Waals surface area contributed by atoms with Crippen LogP contribution < -0.4 is 0 Å². The molecule has 3 fully saturated rings. The zero-order valence-corrected chi connectivity index (χ0v) is 11.5. The topological polar surface area (TPSA) is 49.9 Å². The molecule has 0 spiro atoms. The minimum atomic E-state index is -0.0761. The summed E-state index contributed by atoms with van der Waals surface area (Å²) >= 11 is 0. The summed E-state index contributed by atoms with van der Waals surface area (Å²) in [7, 11) is 0. The third-order valence-electron chi connectivity index (χ3n) is 5.24. The molecule has 4 aliphatic rings. The van der Waals surface area contributed by atoms with Gasteiger partial charge in [-0.15, -0.1) is 0 Å². The number of rotatable bonds is 4. The van der Waals surface area contributed by atoms with Crippen molar-refractivity contribution in [2.24, 2.45) is 23.7 Å². The van der Waals surface area contributed by atoms with Gasteiger partial charge in [0.05, 0.1) is 13.2 Å². The van der Waals surface area contributed by atoms with Crippen LogP contribution in [0.4, 0.5) is 4.79 Å². The van der Waals surface area contributed by atoms with E-state index in [9.17, 15) is 9.59 Å². The lowest BCUT2D eigenvalue weighted by atomic mass is 10.1. The molecule has 0 aromatic rings. The van der Waals surface area contributed by atoms with E-state index in [1.165, 1.54) is 4.90 Å². The number of urea groups is 1. The predicted molar refractivity (Wildman–Crippen MR) is 71.8 cm³/mol. The van der Waals surface area contributed by atoms with Crippen LogP contribution in [0.5, 0.6) is 0 Å².